The molecule has 0 fully saturated rings. The molecule has 0 aliphatic carbocycles. The molecule has 3 rings (SSSR count). The molecule has 0 N–H and O–H groups in total. The Hall–Kier alpha value is -2.56. The van der Waals surface area contributed by atoms with Gasteiger partial charge in [0, 0.05) is 11.8 Å². The van der Waals surface area contributed by atoms with Gasteiger partial charge in [-0.05, 0) is 29.0 Å². The minimum absolute atomic E-state index is 0.473. The second-order valence-electron chi connectivity index (χ2n) is 4.12. The Kier molecular flexibility index (Phi) is 2.37. The third-order valence-corrected chi connectivity index (χ3v) is 2.84. The van der Waals surface area contributed by atoms with Crippen LogP contribution in [0.2, 0.25) is 0 Å². The van der Waals surface area contributed by atoms with Gasteiger partial charge >= 0.3 is 0 Å². The summed E-state index contributed by atoms with van der Waals surface area (Å²) in [6.07, 6.45) is 2.58. The number of carbonyl (C=O) groups excluding carboxylic acids is 1. The molecule has 0 spiro atoms. The molecule has 0 saturated carbocycles. The lowest BCUT2D eigenvalue weighted by Crippen LogP contribution is -1.94. The van der Waals surface area contributed by atoms with Crippen molar-refractivity contribution in [2.75, 3.05) is 0 Å². The average Bonchev–Trinajstić information content (AvgIpc) is 2.86. The van der Waals surface area contributed by atoms with Gasteiger partial charge in [-0.2, -0.15) is 4.52 Å². The van der Waals surface area contributed by atoms with Crippen LogP contribution in [-0.2, 0) is 0 Å². The van der Waals surface area contributed by atoms with E-state index in [1.165, 1.54) is 10.1 Å². The van der Waals surface area contributed by atoms with Crippen molar-refractivity contribution in [1.29, 1.82) is 0 Å². The van der Waals surface area contributed by atoms with Crippen molar-refractivity contribution in [3.05, 3.63) is 47.7 Å². The van der Waals surface area contributed by atoms with Crippen molar-refractivity contribution in [3.63, 3.8) is 0 Å². The van der Waals surface area contributed by atoms with E-state index < -0.39 is 0 Å². The lowest BCUT2D eigenvalue weighted by molar-refractivity contribution is 0.112. The molecule has 88 valence electrons. The lowest BCUT2D eigenvalue weighted by Gasteiger charge is -2.04. The summed E-state index contributed by atoms with van der Waals surface area (Å²) in [7, 11) is 0. The number of nitrogens with zero attached hydrogens (tertiary/aromatic N) is 4. The first kappa shape index (κ1) is 10.6. The first-order chi connectivity index (χ1) is 8.78. The van der Waals surface area contributed by atoms with Crippen LogP contribution in [0, 0.1) is 6.92 Å². The van der Waals surface area contributed by atoms with Crippen LogP contribution in [0.15, 0.2) is 36.5 Å². The number of pyridine rings is 1. The molecule has 5 heteroatoms. The largest absolute Gasteiger partial charge is 0.298 e. The lowest BCUT2D eigenvalue weighted by atomic mass is 10.0. The van der Waals surface area contributed by atoms with E-state index in [9.17, 15) is 4.79 Å². The van der Waals surface area contributed by atoms with Crippen LogP contribution in [0.4, 0.5) is 0 Å². The Morgan fingerprint density at radius 1 is 1.17 bits per heavy atom. The number of benzene rings is 1. The van der Waals surface area contributed by atoms with Crippen molar-refractivity contribution in [2.24, 2.45) is 0 Å². The first-order valence-corrected chi connectivity index (χ1v) is 5.52. The average molecular weight is 238 g/mol. The highest BCUT2D eigenvalue weighted by Gasteiger charge is 2.08. The molecular weight excluding hydrogens is 228 g/mol. The van der Waals surface area contributed by atoms with Crippen molar-refractivity contribution < 1.29 is 4.79 Å². The van der Waals surface area contributed by atoms with Crippen LogP contribution in [0.5, 0.6) is 0 Å². The number of aromatic nitrogens is 4. The normalized spacial score (nSPS) is 10.7. The summed E-state index contributed by atoms with van der Waals surface area (Å²) in [5.74, 6) is 0. The van der Waals surface area contributed by atoms with Gasteiger partial charge in [0.1, 0.15) is 0 Å². The molecule has 0 radical (unpaired) electrons. The molecule has 2 aromatic heterocycles. The second-order valence-corrected chi connectivity index (χ2v) is 4.12. The zero-order chi connectivity index (χ0) is 12.5. The number of hydrogen-bond donors (Lipinski definition) is 0. The molecule has 0 bridgehead atoms. The summed E-state index contributed by atoms with van der Waals surface area (Å²) in [6, 6.07) is 9.87. The molecule has 0 aliphatic heterocycles. The first-order valence-electron chi connectivity index (χ1n) is 5.52. The van der Waals surface area contributed by atoms with Crippen LogP contribution in [-0.4, -0.2) is 26.3 Å². The molecule has 3 aromatic rings. The summed E-state index contributed by atoms with van der Waals surface area (Å²) in [4.78, 5) is 11.0. The second kappa shape index (κ2) is 4.03. The number of aldehydes is 1. The highest BCUT2D eigenvalue weighted by Crippen LogP contribution is 2.21. The highest BCUT2D eigenvalue weighted by atomic mass is 16.1. The number of hydrogen-bond acceptors (Lipinski definition) is 4. The monoisotopic (exact) mass is 238 g/mol. The molecule has 0 aliphatic rings. The molecule has 0 unspecified atom stereocenters. The number of aryl methyl sites for hydroxylation is 1. The summed E-state index contributed by atoms with van der Waals surface area (Å²) in [5.41, 5.74) is 4.09. The number of rotatable bonds is 2. The zero-order valence-electron chi connectivity index (χ0n) is 9.74. The van der Waals surface area contributed by atoms with Gasteiger partial charge in [0.25, 0.3) is 0 Å². The summed E-state index contributed by atoms with van der Waals surface area (Å²) in [5, 5.41) is 11.2. The highest BCUT2D eigenvalue weighted by molar-refractivity contribution is 5.86. The minimum Gasteiger partial charge on any atom is -0.298 e. The molecule has 1 aromatic carbocycles. The minimum atomic E-state index is 0.473. The van der Waals surface area contributed by atoms with Gasteiger partial charge in [-0.3, -0.25) is 4.79 Å². The summed E-state index contributed by atoms with van der Waals surface area (Å²) < 4.78 is 1.51. The van der Waals surface area contributed by atoms with E-state index in [1.807, 2.05) is 37.4 Å². The van der Waals surface area contributed by atoms with Gasteiger partial charge < -0.3 is 0 Å². The Bertz CT molecular complexity index is 715. The van der Waals surface area contributed by atoms with E-state index in [-0.39, 0.29) is 0 Å². The SMILES string of the molecule is Cc1ccc(-c2cc(C=O)c3nnnn3c2)cc1. The smallest absolute Gasteiger partial charge is 0.189 e. The maximum absolute atomic E-state index is 11.0. The molecule has 0 atom stereocenters. The molecule has 18 heavy (non-hydrogen) atoms. The van der Waals surface area contributed by atoms with E-state index in [0.29, 0.717) is 11.2 Å². The topological polar surface area (TPSA) is 60.2 Å². The number of fused-ring (bicyclic) bond motifs is 1. The summed E-state index contributed by atoms with van der Waals surface area (Å²) in [6.45, 7) is 2.03. The molecule has 2 heterocycles. The molecule has 0 saturated heterocycles. The van der Waals surface area contributed by atoms with Crippen molar-refractivity contribution in [3.8, 4) is 11.1 Å². The maximum atomic E-state index is 11.0. The Morgan fingerprint density at radius 3 is 2.67 bits per heavy atom. The van der Waals surface area contributed by atoms with Crippen LogP contribution in [0.3, 0.4) is 0 Å². The van der Waals surface area contributed by atoms with E-state index in [1.54, 1.807) is 6.07 Å². The third-order valence-electron chi connectivity index (χ3n) is 2.84. The molecule has 0 amide bonds. The fourth-order valence-corrected chi connectivity index (χ4v) is 1.86. The van der Waals surface area contributed by atoms with Gasteiger partial charge in [-0.15, -0.1) is 5.10 Å². The van der Waals surface area contributed by atoms with Crippen molar-refractivity contribution in [1.82, 2.24) is 20.0 Å². The maximum Gasteiger partial charge on any atom is 0.189 e. The zero-order valence-corrected chi connectivity index (χ0v) is 9.74. The van der Waals surface area contributed by atoms with Crippen molar-refractivity contribution >= 4 is 11.9 Å². The predicted molar refractivity (Wildman–Crippen MR) is 66.3 cm³/mol. The Balaban J connectivity index is 2.22. The fraction of sp³-hybridized carbons (Fsp3) is 0.0769. The van der Waals surface area contributed by atoms with Gasteiger partial charge in [0.15, 0.2) is 11.9 Å². The predicted octanol–water partition coefficient (Wildman–Crippen LogP) is 1.91. The Morgan fingerprint density at radius 2 is 1.94 bits per heavy atom. The van der Waals surface area contributed by atoms with Gasteiger partial charge in [-0.1, -0.05) is 29.8 Å². The fourth-order valence-electron chi connectivity index (χ4n) is 1.86. The van der Waals surface area contributed by atoms with E-state index >= 15 is 0 Å². The Labute approximate surface area is 103 Å². The van der Waals surface area contributed by atoms with Gasteiger partial charge in [0.2, 0.25) is 0 Å². The standard InChI is InChI=1S/C13H10N4O/c1-9-2-4-10(5-3-9)11-6-12(8-18)13-14-15-16-17(13)7-11/h2-8H,1H3. The van der Waals surface area contributed by atoms with Gasteiger partial charge in [0.05, 0.1) is 5.56 Å². The molecular formula is C13H10N4O. The number of carbonyl (C=O) groups is 1. The molecule has 5 nitrogen and oxygen atoms in total. The third kappa shape index (κ3) is 1.66. The van der Waals surface area contributed by atoms with E-state index in [0.717, 1.165) is 17.4 Å². The van der Waals surface area contributed by atoms with E-state index in [2.05, 4.69) is 15.5 Å². The van der Waals surface area contributed by atoms with E-state index in [4.69, 9.17) is 0 Å². The van der Waals surface area contributed by atoms with Crippen LogP contribution >= 0.6 is 0 Å². The van der Waals surface area contributed by atoms with Gasteiger partial charge in [-0.25, -0.2) is 0 Å². The van der Waals surface area contributed by atoms with Crippen LogP contribution in [0.25, 0.3) is 16.8 Å². The number of tetrazole rings is 1. The van der Waals surface area contributed by atoms with Crippen LogP contribution in [0.1, 0.15) is 15.9 Å². The van der Waals surface area contributed by atoms with Crippen LogP contribution < -0.4 is 0 Å². The quantitative estimate of drug-likeness (QED) is 0.640. The van der Waals surface area contributed by atoms with Crippen molar-refractivity contribution in [2.45, 2.75) is 6.92 Å². The summed E-state index contributed by atoms with van der Waals surface area (Å²) >= 11 is 0.